The van der Waals surface area contributed by atoms with Gasteiger partial charge in [0.15, 0.2) is 0 Å². The molecule has 68 valence electrons. The summed E-state index contributed by atoms with van der Waals surface area (Å²) < 4.78 is 0. The molecule has 1 fully saturated rings. The lowest BCUT2D eigenvalue weighted by atomic mass is 10.0. The molecule has 0 radical (unpaired) electrons. The predicted molar refractivity (Wildman–Crippen MR) is 49.5 cm³/mol. The van der Waals surface area contributed by atoms with Crippen LogP contribution in [0.15, 0.2) is 11.8 Å². The van der Waals surface area contributed by atoms with Gasteiger partial charge in [0.2, 0.25) is 5.91 Å². The minimum Gasteiger partial charge on any atom is -0.330 e. The van der Waals surface area contributed by atoms with Gasteiger partial charge in [-0.15, -0.1) is 0 Å². The molecule has 1 aliphatic carbocycles. The van der Waals surface area contributed by atoms with Gasteiger partial charge in [-0.25, -0.2) is 0 Å². The van der Waals surface area contributed by atoms with E-state index in [2.05, 4.69) is 12.2 Å². The van der Waals surface area contributed by atoms with Crippen LogP contribution < -0.4 is 5.32 Å². The number of nitrogens with one attached hydrogen (secondary N) is 1. The van der Waals surface area contributed by atoms with Crippen LogP contribution >= 0.6 is 0 Å². The maximum Gasteiger partial charge on any atom is 0.230 e. The second kappa shape index (κ2) is 3.30. The van der Waals surface area contributed by atoms with E-state index in [1.54, 1.807) is 0 Å². The molecule has 2 nitrogen and oxygen atoms in total. The third kappa shape index (κ3) is 1.68. The summed E-state index contributed by atoms with van der Waals surface area (Å²) in [6.45, 7) is 5.93. The molecular weight excluding hydrogens is 150 g/mol. The maximum atomic E-state index is 11.6. The first kappa shape index (κ1) is 9.30. The van der Waals surface area contributed by atoms with Crippen LogP contribution in [0.3, 0.4) is 0 Å². The average molecular weight is 167 g/mol. The summed E-state index contributed by atoms with van der Waals surface area (Å²) in [6.07, 6.45) is 5.01. The summed E-state index contributed by atoms with van der Waals surface area (Å²) in [5.41, 5.74) is 0.948. The minimum atomic E-state index is -0.00965. The Morgan fingerprint density at radius 3 is 2.50 bits per heavy atom. The highest BCUT2D eigenvalue weighted by molar-refractivity contribution is 5.86. The molecule has 1 amide bonds. The zero-order valence-corrected chi connectivity index (χ0v) is 8.11. The summed E-state index contributed by atoms with van der Waals surface area (Å²) in [4.78, 5) is 11.6. The second-order valence-corrected chi connectivity index (χ2v) is 3.56. The molecule has 0 saturated heterocycles. The number of allylic oxidation sites excluding steroid dienone is 2. The number of hydrogen-bond donors (Lipinski definition) is 1. The Hall–Kier alpha value is -0.790. The van der Waals surface area contributed by atoms with E-state index in [9.17, 15) is 4.79 Å². The zero-order chi connectivity index (χ0) is 9.19. The molecule has 1 aliphatic rings. The predicted octanol–water partition coefficient (Wildman–Crippen LogP) is 2.22. The number of amides is 1. The first-order chi connectivity index (χ1) is 5.64. The topological polar surface area (TPSA) is 29.1 Å². The standard InChI is InChI=1S/C10H17NO/c1-4-8(3)11-9(12)10(5-2)6-7-10/h4H,5-7H2,1-3H3,(H,11,12)/b8-4+. The van der Waals surface area contributed by atoms with E-state index in [1.807, 2.05) is 19.9 Å². The lowest BCUT2D eigenvalue weighted by Gasteiger charge is -2.12. The summed E-state index contributed by atoms with van der Waals surface area (Å²) in [5.74, 6) is 0.209. The van der Waals surface area contributed by atoms with E-state index in [1.165, 1.54) is 0 Å². The molecule has 1 rings (SSSR count). The fourth-order valence-electron chi connectivity index (χ4n) is 1.28. The number of hydrogen-bond acceptors (Lipinski definition) is 1. The van der Waals surface area contributed by atoms with Gasteiger partial charge in [-0.05, 0) is 33.1 Å². The molecule has 0 aromatic rings. The van der Waals surface area contributed by atoms with E-state index in [4.69, 9.17) is 0 Å². The monoisotopic (exact) mass is 167 g/mol. The van der Waals surface area contributed by atoms with Crippen LogP contribution in [0.25, 0.3) is 0 Å². The molecule has 1 N–H and O–H groups in total. The van der Waals surface area contributed by atoms with E-state index >= 15 is 0 Å². The van der Waals surface area contributed by atoms with Gasteiger partial charge >= 0.3 is 0 Å². The second-order valence-electron chi connectivity index (χ2n) is 3.56. The van der Waals surface area contributed by atoms with Crippen LogP contribution in [0.1, 0.15) is 40.0 Å². The number of carbonyl (C=O) groups is 1. The highest BCUT2D eigenvalue weighted by Gasteiger charge is 2.47. The van der Waals surface area contributed by atoms with Crippen molar-refractivity contribution in [1.29, 1.82) is 0 Å². The summed E-state index contributed by atoms with van der Waals surface area (Å²) in [7, 11) is 0. The van der Waals surface area contributed by atoms with Gasteiger partial charge in [-0.3, -0.25) is 4.79 Å². The van der Waals surface area contributed by atoms with Gasteiger partial charge in [0.1, 0.15) is 0 Å². The van der Waals surface area contributed by atoms with Gasteiger partial charge in [0, 0.05) is 11.1 Å². The Kier molecular flexibility index (Phi) is 2.55. The van der Waals surface area contributed by atoms with Gasteiger partial charge in [0.25, 0.3) is 0 Å². The van der Waals surface area contributed by atoms with Gasteiger partial charge in [0.05, 0.1) is 0 Å². The lowest BCUT2D eigenvalue weighted by molar-refractivity contribution is -0.125. The van der Waals surface area contributed by atoms with E-state index < -0.39 is 0 Å². The minimum absolute atomic E-state index is 0.00965. The largest absolute Gasteiger partial charge is 0.330 e. The van der Waals surface area contributed by atoms with Crippen LogP contribution in [-0.4, -0.2) is 5.91 Å². The fourth-order valence-corrected chi connectivity index (χ4v) is 1.28. The summed E-state index contributed by atoms with van der Waals surface area (Å²) in [6, 6.07) is 0. The molecule has 0 unspecified atom stereocenters. The first-order valence-electron chi connectivity index (χ1n) is 4.59. The fraction of sp³-hybridized carbons (Fsp3) is 0.700. The van der Waals surface area contributed by atoms with Crippen molar-refractivity contribution in [2.45, 2.75) is 40.0 Å². The highest BCUT2D eigenvalue weighted by Crippen LogP contribution is 2.48. The van der Waals surface area contributed by atoms with Crippen molar-refractivity contribution in [1.82, 2.24) is 5.32 Å². The molecule has 12 heavy (non-hydrogen) atoms. The summed E-state index contributed by atoms with van der Waals surface area (Å²) >= 11 is 0. The molecule has 0 heterocycles. The van der Waals surface area contributed by atoms with Gasteiger partial charge < -0.3 is 5.32 Å². The van der Waals surface area contributed by atoms with Crippen molar-refractivity contribution in [3.63, 3.8) is 0 Å². The quantitative estimate of drug-likeness (QED) is 0.686. The van der Waals surface area contributed by atoms with Crippen LogP contribution in [0.2, 0.25) is 0 Å². The third-order valence-corrected chi connectivity index (χ3v) is 2.76. The number of rotatable bonds is 3. The lowest BCUT2D eigenvalue weighted by Crippen LogP contribution is -2.30. The molecule has 0 aliphatic heterocycles. The number of carbonyl (C=O) groups excluding carboxylic acids is 1. The van der Waals surface area contributed by atoms with Crippen molar-refractivity contribution in [3.05, 3.63) is 11.8 Å². The van der Waals surface area contributed by atoms with Crippen molar-refractivity contribution in [2.24, 2.45) is 5.41 Å². The first-order valence-corrected chi connectivity index (χ1v) is 4.59. The molecule has 0 aromatic carbocycles. The Morgan fingerprint density at radius 2 is 2.17 bits per heavy atom. The molecule has 1 saturated carbocycles. The van der Waals surface area contributed by atoms with Crippen LogP contribution in [0.4, 0.5) is 0 Å². The van der Waals surface area contributed by atoms with Crippen LogP contribution in [0.5, 0.6) is 0 Å². The molecule has 0 atom stereocenters. The van der Waals surface area contributed by atoms with E-state index in [-0.39, 0.29) is 11.3 Å². The molecule has 0 aromatic heterocycles. The van der Waals surface area contributed by atoms with Crippen molar-refractivity contribution in [3.8, 4) is 0 Å². The van der Waals surface area contributed by atoms with Crippen molar-refractivity contribution >= 4 is 5.91 Å². The van der Waals surface area contributed by atoms with E-state index in [0.717, 1.165) is 25.0 Å². The van der Waals surface area contributed by atoms with Gasteiger partial charge in [-0.1, -0.05) is 13.0 Å². The maximum absolute atomic E-state index is 11.6. The van der Waals surface area contributed by atoms with Gasteiger partial charge in [-0.2, -0.15) is 0 Å². The van der Waals surface area contributed by atoms with Crippen molar-refractivity contribution in [2.75, 3.05) is 0 Å². The Morgan fingerprint density at radius 1 is 1.58 bits per heavy atom. The normalized spacial score (nSPS) is 20.4. The third-order valence-electron chi connectivity index (χ3n) is 2.76. The average Bonchev–Trinajstić information content (AvgIpc) is 2.84. The summed E-state index contributed by atoms with van der Waals surface area (Å²) in [5, 5.41) is 2.91. The zero-order valence-electron chi connectivity index (χ0n) is 8.11. The molecular formula is C10H17NO. The Labute approximate surface area is 74.0 Å². The van der Waals surface area contributed by atoms with Crippen LogP contribution in [0, 0.1) is 5.41 Å². The SMILES string of the molecule is C/C=C(\C)NC(=O)C1(CC)CC1. The van der Waals surface area contributed by atoms with Crippen LogP contribution in [-0.2, 0) is 4.79 Å². The molecule has 0 spiro atoms. The smallest absolute Gasteiger partial charge is 0.230 e. The highest BCUT2D eigenvalue weighted by atomic mass is 16.2. The van der Waals surface area contributed by atoms with Crippen molar-refractivity contribution < 1.29 is 4.79 Å². The molecule has 2 heteroatoms. The Bertz CT molecular complexity index is 214. The molecule has 0 bridgehead atoms. The Balaban J connectivity index is 2.49. The van der Waals surface area contributed by atoms with E-state index in [0.29, 0.717) is 0 Å².